The number of hydrogen-bond donors (Lipinski definition) is 2. The summed E-state index contributed by atoms with van der Waals surface area (Å²) in [4.78, 5) is 11.4. The molecule has 0 aromatic rings. The van der Waals surface area contributed by atoms with Crippen molar-refractivity contribution in [2.75, 3.05) is 13.2 Å². The topological polar surface area (TPSA) is 79.6 Å². The van der Waals surface area contributed by atoms with Gasteiger partial charge in [-0.2, -0.15) is 0 Å². The second-order valence-electron chi connectivity index (χ2n) is 4.66. The third kappa shape index (κ3) is 2.80. The van der Waals surface area contributed by atoms with Crippen LogP contribution in [-0.2, 0) is 14.3 Å². The summed E-state index contributed by atoms with van der Waals surface area (Å²) in [6.45, 7) is 5.87. The fourth-order valence-corrected chi connectivity index (χ4v) is 1.95. The standard InChI is InChI=1S/C11H19NO4/c1-4-15-9(13)8(12)11(14)5-6-16-10(2,3)7-11/h12,14H,4-7H2,1-3H3. The van der Waals surface area contributed by atoms with Gasteiger partial charge < -0.3 is 14.6 Å². The van der Waals surface area contributed by atoms with Crippen molar-refractivity contribution < 1.29 is 19.4 Å². The summed E-state index contributed by atoms with van der Waals surface area (Å²) in [7, 11) is 0. The Bertz CT molecular complexity index is 300. The Morgan fingerprint density at radius 3 is 2.69 bits per heavy atom. The van der Waals surface area contributed by atoms with E-state index in [1.165, 1.54) is 0 Å². The van der Waals surface area contributed by atoms with Crippen LogP contribution in [-0.4, -0.2) is 41.2 Å². The zero-order valence-electron chi connectivity index (χ0n) is 10.0. The van der Waals surface area contributed by atoms with Gasteiger partial charge in [0, 0.05) is 12.8 Å². The average Bonchev–Trinajstić information content (AvgIpc) is 2.15. The normalized spacial score (nSPS) is 28.5. The van der Waals surface area contributed by atoms with Crippen molar-refractivity contribution in [2.24, 2.45) is 0 Å². The molecule has 1 aliphatic heterocycles. The molecule has 5 heteroatoms. The van der Waals surface area contributed by atoms with Crippen LogP contribution in [0, 0.1) is 5.41 Å². The van der Waals surface area contributed by atoms with Gasteiger partial charge in [-0.3, -0.25) is 5.41 Å². The Morgan fingerprint density at radius 1 is 1.56 bits per heavy atom. The van der Waals surface area contributed by atoms with Crippen LogP contribution in [0.5, 0.6) is 0 Å². The monoisotopic (exact) mass is 229 g/mol. The van der Waals surface area contributed by atoms with Crippen LogP contribution in [0.2, 0.25) is 0 Å². The maximum atomic E-state index is 11.4. The lowest BCUT2D eigenvalue weighted by Gasteiger charge is -2.40. The fourth-order valence-electron chi connectivity index (χ4n) is 1.95. The molecule has 16 heavy (non-hydrogen) atoms. The second-order valence-corrected chi connectivity index (χ2v) is 4.66. The van der Waals surface area contributed by atoms with Gasteiger partial charge >= 0.3 is 5.97 Å². The van der Waals surface area contributed by atoms with E-state index < -0.39 is 17.2 Å². The molecular weight excluding hydrogens is 210 g/mol. The molecule has 0 bridgehead atoms. The first-order valence-corrected chi connectivity index (χ1v) is 5.43. The number of aliphatic hydroxyl groups is 1. The van der Waals surface area contributed by atoms with Crippen molar-refractivity contribution in [2.45, 2.75) is 44.8 Å². The Morgan fingerprint density at radius 2 is 2.19 bits per heavy atom. The number of hydrogen-bond acceptors (Lipinski definition) is 5. The molecule has 5 nitrogen and oxygen atoms in total. The minimum atomic E-state index is -1.42. The van der Waals surface area contributed by atoms with E-state index in [0.717, 1.165) is 0 Å². The lowest BCUT2D eigenvalue weighted by atomic mass is 9.81. The highest BCUT2D eigenvalue weighted by Crippen LogP contribution is 2.32. The first-order valence-electron chi connectivity index (χ1n) is 5.43. The van der Waals surface area contributed by atoms with Gasteiger partial charge in [-0.25, -0.2) is 4.79 Å². The molecule has 1 aliphatic rings. The number of esters is 1. The highest BCUT2D eigenvalue weighted by molar-refractivity contribution is 6.38. The smallest absolute Gasteiger partial charge is 0.355 e. The second kappa shape index (κ2) is 4.51. The van der Waals surface area contributed by atoms with Gasteiger partial charge in [0.05, 0.1) is 18.8 Å². The molecule has 2 N–H and O–H groups in total. The predicted molar refractivity (Wildman–Crippen MR) is 58.6 cm³/mol. The van der Waals surface area contributed by atoms with Gasteiger partial charge in [0.15, 0.2) is 0 Å². The molecule has 0 radical (unpaired) electrons. The average molecular weight is 229 g/mol. The number of ether oxygens (including phenoxy) is 2. The molecule has 0 amide bonds. The predicted octanol–water partition coefficient (Wildman–Crippen LogP) is 0.889. The van der Waals surface area contributed by atoms with Crippen molar-refractivity contribution in [3.63, 3.8) is 0 Å². The number of carbonyl (C=O) groups is 1. The van der Waals surface area contributed by atoms with Crippen molar-refractivity contribution >= 4 is 11.7 Å². The first kappa shape index (κ1) is 13.1. The SMILES string of the molecule is CCOC(=O)C(=N)C1(O)CCOC(C)(C)C1. The van der Waals surface area contributed by atoms with E-state index in [4.69, 9.17) is 14.9 Å². The van der Waals surface area contributed by atoms with E-state index >= 15 is 0 Å². The molecule has 92 valence electrons. The van der Waals surface area contributed by atoms with Crippen molar-refractivity contribution in [1.29, 1.82) is 5.41 Å². The van der Waals surface area contributed by atoms with Crippen LogP contribution in [0.15, 0.2) is 0 Å². The van der Waals surface area contributed by atoms with Crippen LogP contribution in [0.4, 0.5) is 0 Å². The molecule has 0 spiro atoms. The summed E-state index contributed by atoms with van der Waals surface area (Å²) in [6.07, 6.45) is 0.492. The van der Waals surface area contributed by atoms with Gasteiger partial charge in [0.2, 0.25) is 0 Å². The maximum absolute atomic E-state index is 11.4. The zero-order valence-corrected chi connectivity index (χ0v) is 10.0. The van der Waals surface area contributed by atoms with Gasteiger partial charge in [0.1, 0.15) is 11.3 Å². The van der Waals surface area contributed by atoms with E-state index in [2.05, 4.69) is 0 Å². The number of rotatable bonds is 3. The summed E-state index contributed by atoms with van der Waals surface area (Å²) in [5.41, 5.74) is -2.31. The lowest BCUT2D eigenvalue weighted by molar-refractivity contribution is -0.140. The summed E-state index contributed by atoms with van der Waals surface area (Å²) in [5, 5.41) is 18.0. The summed E-state index contributed by atoms with van der Waals surface area (Å²) in [6, 6.07) is 0. The summed E-state index contributed by atoms with van der Waals surface area (Å²) in [5.74, 6) is -0.747. The molecular formula is C11H19NO4. The van der Waals surface area contributed by atoms with Crippen LogP contribution >= 0.6 is 0 Å². The van der Waals surface area contributed by atoms with E-state index in [1.807, 2.05) is 13.8 Å². The van der Waals surface area contributed by atoms with E-state index in [0.29, 0.717) is 6.61 Å². The van der Waals surface area contributed by atoms with E-state index in [1.54, 1.807) is 6.92 Å². The Labute approximate surface area is 95.3 Å². The van der Waals surface area contributed by atoms with Crippen molar-refractivity contribution in [3.05, 3.63) is 0 Å². The fraction of sp³-hybridized carbons (Fsp3) is 0.818. The minimum Gasteiger partial charge on any atom is -0.461 e. The molecule has 1 atom stereocenters. The van der Waals surface area contributed by atoms with Crippen molar-refractivity contribution in [3.8, 4) is 0 Å². The Balaban J connectivity index is 2.77. The lowest BCUT2D eigenvalue weighted by Crippen LogP contribution is -2.53. The summed E-state index contributed by atoms with van der Waals surface area (Å²) >= 11 is 0. The third-order valence-electron chi connectivity index (χ3n) is 2.67. The highest BCUT2D eigenvalue weighted by Gasteiger charge is 2.45. The largest absolute Gasteiger partial charge is 0.461 e. The number of nitrogens with one attached hydrogen (secondary N) is 1. The van der Waals surface area contributed by atoms with Crippen LogP contribution in [0.25, 0.3) is 0 Å². The molecule has 1 heterocycles. The molecule has 1 saturated heterocycles. The molecule has 1 fully saturated rings. The summed E-state index contributed by atoms with van der Waals surface area (Å²) < 4.78 is 10.2. The molecule has 1 rings (SSSR count). The van der Waals surface area contributed by atoms with Crippen LogP contribution in [0.3, 0.4) is 0 Å². The van der Waals surface area contributed by atoms with Crippen LogP contribution < -0.4 is 0 Å². The van der Waals surface area contributed by atoms with Gasteiger partial charge in [-0.1, -0.05) is 0 Å². The number of carbonyl (C=O) groups excluding carboxylic acids is 1. The van der Waals surface area contributed by atoms with Gasteiger partial charge in [0.25, 0.3) is 0 Å². The molecule has 0 aromatic heterocycles. The van der Waals surface area contributed by atoms with Crippen molar-refractivity contribution in [1.82, 2.24) is 0 Å². The highest BCUT2D eigenvalue weighted by atomic mass is 16.5. The zero-order chi connectivity index (χ0) is 12.4. The van der Waals surface area contributed by atoms with Gasteiger partial charge in [-0.05, 0) is 20.8 Å². The quantitative estimate of drug-likeness (QED) is 0.556. The Kier molecular flexibility index (Phi) is 3.70. The maximum Gasteiger partial charge on any atom is 0.355 e. The molecule has 0 aromatic carbocycles. The first-order chi connectivity index (χ1) is 7.31. The molecule has 1 unspecified atom stereocenters. The molecule has 0 saturated carbocycles. The van der Waals surface area contributed by atoms with Crippen LogP contribution in [0.1, 0.15) is 33.6 Å². The van der Waals surface area contributed by atoms with E-state index in [-0.39, 0.29) is 25.2 Å². The minimum absolute atomic E-state index is 0.206. The van der Waals surface area contributed by atoms with Gasteiger partial charge in [-0.15, -0.1) is 0 Å². The van der Waals surface area contributed by atoms with E-state index in [9.17, 15) is 9.90 Å². The Hall–Kier alpha value is -0.940. The molecule has 0 aliphatic carbocycles. The third-order valence-corrected chi connectivity index (χ3v) is 2.67.